The maximum Gasteiger partial charge on any atom is 0.332 e. The van der Waals surface area contributed by atoms with Crippen LogP contribution in [0.1, 0.15) is 0 Å². The van der Waals surface area contributed by atoms with E-state index in [0.717, 1.165) is 20.3 Å². The molecule has 0 unspecified atom stereocenters. The van der Waals surface area contributed by atoms with Crippen LogP contribution in [0.25, 0.3) is 28.2 Å². The van der Waals surface area contributed by atoms with E-state index in [9.17, 15) is 9.59 Å². The fourth-order valence-electron chi connectivity index (χ4n) is 3.63. The number of fused-ring (bicyclic) bond motifs is 1. The zero-order valence-electron chi connectivity index (χ0n) is 17.9. The van der Waals surface area contributed by atoms with Crippen LogP contribution in [0.5, 0.6) is 0 Å². The summed E-state index contributed by atoms with van der Waals surface area (Å²) in [5.41, 5.74) is 1.63. The molecule has 3 heterocycles. The maximum absolute atomic E-state index is 12.7. The summed E-state index contributed by atoms with van der Waals surface area (Å²) in [7, 11) is 4.81. The Hall–Kier alpha value is -3.44. The molecule has 0 saturated heterocycles. The SMILES string of the molecule is Cn1c(=O)c2c(nc(Sc3nnc(-c4ccccc4Br)n3-c3ccccc3)n2C)n(C)c1=O. The number of benzene rings is 2. The van der Waals surface area contributed by atoms with Gasteiger partial charge in [-0.25, -0.2) is 9.78 Å². The van der Waals surface area contributed by atoms with E-state index in [2.05, 4.69) is 31.1 Å². The van der Waals surface area contributed by atoms with Crippen molar-refractivity contribution in [2.75, 3.05) is 0 Å². The molecule has 0 bridgehead atoms. The highest BCUT2D eigenvalue weighted by Gasteiger charge is 2.22. The molecule has 0 radical (unpaired) electrons. The number of halogens is 1. The molecule has 5 rings (SSSR count). The van der Waals surface area contributed by atoms with E-state index in [0.29, 0.717) is 27.3 Å². The maximum atomic E-state index is 12.7. The smallest absolute Gasteiger partial charge is 0.316 e. The summed E-state index contributed by atoms with van der Waals surface area (Å²) in [6.07, 6.45) is 0. The van der Waals surface area contributed by atoms with Gasteiger partial charge in [-0.05, 0) is 30.0 Å². The Morgan fingerprint density at radius 1 is 0.818 bits per heavy atom. The average molecular weight is 524 g/mol. The van der Waals surface area contributed by atoms with Gasteiger partial charge in [-0.1, -0.05) is 52.3 Å². The number of nitrogens with zero attached hydrogens (tertiary/aromatic N) is 7. The Morgan fingerprint density at radius 3 is 2.24 bits per heavy atom. The van der Waals surface area contributed by atoms with Crippen molar-refractivity contribution in [3.05, 3.63) is 79.9 Å². The average Bonchev–Trinajstić information content (AvgIpc) is 3.38. The quantitative estimate of drug-likeness (QED) is 0.359. The van der Waals surface area contributed by atoms with Crippen LogP contribution in [0.2, 0.25) is 0 Å². The Labute approximate surface area is 200 Å². The third kappa shape index (κ3) is 3.44. The summed E-state index contributed by atoms with van der Waals surface area (Å²) in [5.74, 6) is 0.665. The zero-order valence-corrected chi connectivity index (χ0v) is 20.3. The minimum absolute atomic E-state index is 0.324. The van der Waals surface area contributed by atoms with Crippen LogP contribution in [-0.2, 0) is 21.1 Å². The second-order valence-corrected chi connectivity index (χ2v) is 9.18. The molecule has 0 saturated carbocycles. The lowest BCUT2D eigenvalue weighted by atomic mass is 10.2. The van der Waals surface area contributed by atoms with Gasteiger partial charge in [0.2, 0.25) is 5.16 Å². The van der Waals surface area contributed by atoms with Crippen molar-refractivity contribution < 1.29 is 0 Å². The first-order chi connectivity index (χ1) is 15.9. The van der Waals surface area contributed by atoms with Crippen molar-refractivity contribution in [2.24, 2.45) is 21.1 Å². The molecule has 0 aliphatic rings. The van der Waals surface area contributed by atoms with E-state index in [1.54, 1.807) is 18.7 Å². The third-order valence-electron chi connectivity index (χ3n) is 5.38. The molecule has 0 amide bonds. The van der Waals surface area contributed by atoms with Crippen molar-refractivity contribution in [1.29, 1.82) is 0 Å². The molecule has 0 spiro atoms. The fraction of sp³-hybridized carbons (Fsp3) is 0.136. The second kappa shape index (κ2) is 8.16. The topological polar surface area (TPSA) is 92.5 Å². The van der Waals surface area contributed by atoms with Gasteiger partial charge in [0.05, 0.1) is 0 Å². The van der Waals surface area contributed by atoms with E-state index < -0.39 is 11.2 Å². The molecular weight excluding hydrogens is 506 g/mol. The number of hydrogen-bond acceptors (Lipinski definition) is 6. The van der Waals surface area contributed by atoms with E-state index in [1.165, 1.54) is 23.4 Å². The standard InChI is InChI=1S/C22H18BrN7O2S/c1-27-16-18(28(2)22(32)29(3)19(16)31)24-20(27)33-21-26-25-17(14-11-7-8-12-15(14)23)30(21)13-9-5-4-6-10-13/h4-12H,1-3H3. The lowest BCUT2D eigenvalue weighted by molar-refractivity contribution is 0.705. The summed E-state index contributed by atoms with van der Waals surface area (Å²) < 4.78 is 6.98. The van der Waals surface area contributed by atoms with Gasteiger partial charge in [0, 0.05) is 36.9 Å². The minimum Gasteiger partial charge on any atom is -0.316 e. The van der Waals surface area contributed by atoms with E-state index >= 15 is 0 Å². The van der Waals surface area contributed by atoms with E-state index in [1.807, 2.05) is 59.2 Å². The minimum atomic E-state index is -0.425. The van der Waals surface area contributed by atoms with Gasteiger partial charge >= 0.3 is 5.69 Å². The summed E-state index contributed by atoms with van der Waals surface area (Å²) in [5, 5.41) is 10.0. The van der Waals surface area contributed by atoms with Gasteiger partial charge in [0.1, 0.15) is 0 Å². The molecule has 0 N–H and O–H groups in total. The molecule has 11 heteroatoms. The molecule has 0 aliphatic heterocycles. The number of aromatic nitrogens is 7. The van der Waals surface area contributed by atoms with Gasteiger partial charge in [-0.2, -0.15) is 0 Å². The summed E-state index contributed by atoms with van der Waals surface area (Å²) in [4.78, 5) is 29.7. The largest absolute Gasteiger partial charge is 0.332 e. The first-order valence-corrected chi connectivity index (χ1v) is 11.6. The summed E-state index contributed by atoms with van der Waals surface area (Å²) in [6, 6.07) is 17.6. The normalized spacial score (nSPS) is 11.4. The summed E-state index contributed by atoms with van der Waals surface area (Å²) >= 11 is 4.88. The molecule has 0 atom stereocenters. The number of aryl methyl sites for hydroxylation is 2. The third-order valence-corrected chi connectivity index (χ3v) is 7.07. The van der Waals surface area contributed by atoms with Gasteiger partial charge in [-0.3, -0.25) is 18.5 Å². The van der Waals surface area contributed by atoms with E-state index in [4.69, 9.17) is 0 Å². The van der Waals surface area contributed by atoms with Crippen LogP contribution in [0.4, 0.5) is 0 Å². The van der Waals surface area contributed by atoms with Crippen molar-refractivity contribution in [3.63, 3.8) is 0 Å². The van der Waals surface area contributed by atoms with Gasteiger partial charge in [0.15, 0.2) is 22.1 Å². The van der Waals surface area contributed by atoms with Crippen LogP contribution < -0.4 is 11.2 Å². The number of para-hydroxylation sites is 1. The van der Waals surface area contributed by atoms with Crippen LogP contribution in [0.15, 0.2) is 79.0 Å². The zero-order chi connectivity index (χ0) is 23.3. The van der Waals surface area contributed by atoms with Crippen LogP contribution in [0, 0.1) is 0 Å². The second-order valence-electron chi connectivity index (χ2n) is 7.39. The Balaban J connectivity index is 1.71. The predicted octanol–water partition coefficient (Wildman–Crippen LogP) is 3.13. The van der Waals surface area contributed by atoms with Gasteiger partial charge < -0.3 is 4.57 Å². The summed E-state index contributed by atoms with van der Waals surface area (Å²) in [6.45, 7) is 0. The van der Waals surface area contributed by atoms with Crippen LogP contribution in [-0.4, -0.2) is 33.4 Å². The molecule has 0 fully saturated rings. The first-order valence-electron chi connectivity index (χ1n) is 9.94. The first kappa shape index (κ1) is 21.4. The van der Waals surface area contributed by atoms with Crippen LogP contribution in [0.3, 0.4) is 0 Å². The molecule has 166 valence electrons. The lowest BCUT2D eigenvalue weighted by Crippen LogP contribution is -2.37. The van der Waals surface area contributed by atoms with Crippen molar-refractivity contribution >= 4 is 38.9 Å². The Morgan fingerprint density at radius 2 is 1.52 bits per heavy atom. The molecule has 9 nitrogen and oxygen atoms in total. The Kier molecular flexibility index (Phi) is 5.29. The van der Waals surface area contributed by atoms with Crippen molar-refractivity contribution in [3.8, 4) is 17.1 Å². The van der Waals surface area contributed by atoms with E-state index in [-0.39, 0.29) is 0 Å². The van der Waals surface area contributed by atoms with Crippen LogP contribution >= 0.6 is 27.7 Å². The molecule has 33 heavy (non-hydrogen) atoms. The fourth-order valence-corrected chi connectivity index (χ4v) is 4.98. The number of imidazole rings is 1. The molecule has 0 aliphatic carbocycles. The van der Waals surface area contributed by atoms with Gasteiger partial charge in [0.25, 0.3) is 5.56 Å². The van der Waals surface area contributed by atoms with Crippen molar-refractivity contribution in [1.82, 2.24) is 33.4 Å². The molecular formula is C22H18BrN7O2S. The van der Waals surface area contributed by atoms with Crippen molar-refractivity contribution in [2.45, 2.75) is 10.3 Å². The number of rotatable bonds is 4. The molecule has 5 aromatic rings. The molecule has 3 aromatic heterocycles. The lowest BCUT2D eigenvalue weighted by Gasteiger charge is -2.11. The highest BCUT2D eigenvalue weighted by atomic mass is 79.9. The highest BCUT2D eigenvalue weighted by Crippen LogP contribution is 2.34. The number of hydrogen-bond donors (Lipinski definition) is 0. The van der Waals surface area contributed by atoms with Gasteiger partial charge in [-0.15, -0.1) is 10.2 Å². The molecule has 2 aromatic carbocycles. The predicted molar refractivity (Wildman–Crippen MR) is 130 cm³/mol. The Bertz CT molecular complexity index is 1630. The highest BCUT2D eigenvalue weighted by molar-refractivity contribution is 9.10. The monoisotopic (exact) mass is 523 g/mol.